The highest BCUT2D eigenvalue weighted by Gasteiger charge is 2.54. The zero-order valence-corrected chi connectivity index (χ0v) is 27.5. The van der Waals surface area contributed by atoms with Crippen LogP contribution in [0.5, 0.6) is 5.75 Å². The maximum absolute atomic E-state index is 14.3. The lowest BCUT2D eigenvalue weighted by atomic mass is 9.82. The van der Waals surface area contributed by atoms with Gasteiger partial charge in [-0.15, -0.1) is 0 Å². The summed E-state index contributed by atoms with van der Waals surface area (Å²) in [6.07, 6.45) is -0.0744. The molecular formula is C34H30BrCl2F2N3O4. The van der Waals surface area contributed by atoms with Crippen LogP contribution in [0.3, 0.4) is 0 Å². The first-order valence-electron chi connectivity index (χ1n) is 14.4. The van der Waals surface area contributed by atoms with Crippen molar-refractivity contribution in [2.45, 2.75) is 30.9 Å². The second-order valence-electron chi connectivity index (χ2n) is 10.7. The van der Waals surface area contributed by atoms with Crippen LogP contribution >= 0.6 is 39.1 Å². The molecular weight excluding hydrogens is 703 g/mol. The van der Waals surface area contributed by atoms with E-state index in [1.165, 1.54) is 12.1 Å². The predicted octanol–water partition coefficient (Wildman–Crippen LogP) is 7.16. The van der Waals surface area contributed by atoms with E-state index in [0.717, 1.165) is 16.1 Å². The molecule has 4 aromatic carbocycles. The summed E-state index contributed by atoms with van der Waals surface area (Å²) in [6, 6.07) is 22.8. The maximum atomic E-state index is 14.3. The van der Waals surface area contributed by atoms with Gasteiger partial charge < -0.3 is 14.6 Å². The van der Waals surface area contributed by atoms with Crippen LogP contribution in [-0.4, -0.2) is 42.2 Å². The number of carbonyl (C=O) groups is 1. The van der Waals surface area contributed by atoms with Gasteiger partial charge in [0.25, 0.3) is 5.91 Å². The van der Waals surface area contributed by atoms with Crippen molar-refractivity contribution >= 4 is 50.9 Å². The minimum absolute atomic E-state index is 0.0259. The summed E-state index contributed by atoms with van der Waals surface area (Å²) in [7, 11) is 0. The van der Waals surface area contributed by atoms with E-state index >= 15 is 0 Å². The van der Waals surface area contributed by atoms with Crippen LogP contribution in [0.1, 0.15) is 34.8 Å². The number of hydrazine groups is 1. The Bertz CT molecular complexity index is 1690. The maximum Gasteiger partial charge on any atom is 0.266 e. The summed E-state index contributed by atoms with van der Waals surface area (Å²) in [6.45, 7) is 0.574. The van der Waals surface area contributed by atoms with Gasteiger partial charge in [0.2, 0.25) is 5.90 Å². The van der Waals surface area contributed by atoms with E-state index < -0.39 is 29.2 Å². The fourth-order valence-corrected chi connectivity index (χ4v) is 5.87. The van der Waals surface area contributed by atoms with E-state index in [2.05, 4.69) is 26.8 Å². The fraction of sp³-hybridized carbons (Fsp3) is 0.235. The number of ether oxygens (including phenoxy) is 2. The first-order valence-corrected chi connectivity index (χ1v) is 16.0. The number of carbonyl (C=O) groups excluding carboxylic acids is 1. The molecule has 5 rings (SSSR count). The lowest BCUT2D eigenvalue weighted by molar-refractivity contribution is -0.130. The minimum Gasteiger partial charge on any atom is -0.494 e. The Kier molecular flexibility index (Phi) is 11.3. The Balaban J connectivity index is 1.49. The Hall–Kier alpha value is -3.54. The van der Waals surface area contributed by atoms with E-state index in [-0.39, 0.29) is 31.9 Å². The molecule has 0 radical (unpaired) electrons. The topological polar surface area (TPSA) is 92.2 Å². The second-order valence-corrected chi connectivity index (χ2v) is 12.4. The van der Waals surface area contributed by atoms with E-state index in [4.69, 9.17) is 42.8 Å². The highest BCUT2D eigenvalue weighted by molar-refractivity contribution is 9.10. The van der Waals surface area contributed by atoms with Crippen molar-refractivity contribution in [2.75, 3.05) is 19.8 Å². The third-order valence-electron chi connectivity index (χ3n) is 7.32. The Labute approximate surface area is 283 Å². The number of hydrogen-bond donors (Lipinski definition) is 3. The number of hydrogen-bond acceptors (Lipinski definition) is 6. The molecule has 1 heterocycles. The van der Waals surface area contributed by atoms with Gasteiger partial charge >= 0.3 is 0 Å². The molecule has 1 aliphatic rings. The number of nitrogens with zero attached hydrogens (tertiary/aromatic N) is 1. The molecule has 1 aliphatic heterocycles. The number of rotatable bonds is 13. The van der Waals surface area contributed by atoms with Crippen LogP contribution in [0.15, 0.2) is 94.4 Å². The highest BCUT2D eigenvalue weighted by Crippen LogP contribution is 2.45. The van der Waals surface area contributed by atoms with Gasteiger partial charge in [-0.3, -0.25) is 10.2 Å². The third-order valence-corrected chi connectivity index (χ3v) is 8.42. The summed E-state index contributed by atoms with van der Waals surface area (Å²) in [5, 5.41) is 9.76. The van der Waals surface area contributed by atoms with Crippen LogP contribution in [0, 0.1) is 11.6 Å². The molecule has 0 unspecified atom stereocenters. The largest absolute Gasteiger partial charge is 0.494 e. The predicted molar refractivity (Wildman–Crippen MR) is 177 cm³/mol. The summed E-state index contributed by atoms with van der Waals surface area (Å²) in [5.74, 6) is -1.03. The van der Waals surface area contributed by atoms with E-state index in [9.17, 15) is 13.6 Å². The van der Waals surface area contributed by atoms with E-state index in [0.29, 0.717) is 45.5 Å². The molecule has 7 nitrogen and oxygen atoms in total. The zero-order chi connectivity index (χ0) is 32.7. The molecule has 0 fully saturated rings. The second kappa shape index (κ2) is 15.4. The Morgan fingerprint density at radius 2 is 1.70 bits per heavy atom. The van der Waals surface area contributed by atoms with Crippen LogP contribution in [0.4, 0.5) is 8.78 Å². The van der Waals surface area contributed by atoms with Crippen LogP contribution in [0.25, 0.3) is 0 Å². The summed E-state index contributed by atoms with van der Waals surface area (Å²) >= 11 is 16.4. The quantitative estimate of drug-likeness (QED) is 0.100. The molecule has 2 atom stereocenters. The van der Waals surface area contributed by atoms with Gasteiger partial charge in [0.15, 0.2) is 11.6 Å². The number of halogens is 5. The molecule has 4 aromatic rings. The van der Waals surface area contributed by atoms with Crippen molar-refractivity contribution in [1.82, 2.24) is 10.9 Å². The van der Waals surface area contributed by atoms with Crippen molar-refractivity contribution in [3.05, 3.63) is 133 Å². The van der Waals surface area contributed by atoms with Crippen LogP contribution < -0.4 is 15.6 Å². The van der Waals surface area contributed by atoms with Gasteiger partial charge in [-0.05, 0) is 78.2 Å². The summed E-state index contributed by atoms with van der Waals surface area (Å²) in [5.41, 5.74) is 6.46. The molecule has 0 aromatic heterocycles. The number of aliphatic hydroxyl groups excluding tert-OH is 1. The lowest BCUT2D eigenvalue weighted by Gasteiger charge is -2.31. The summed E-state index contributed by atoms with van der Waals surface area (Å²) < 4.78 is 40.4. The minimum atomic E-state index is -1.55. The average molecular weight is 733 g/mol. The molecule has 0 saturated carbocycles. The Morgan fingerprint density at radius 3 is 2.37 bits per heavy atom. The molecule has 0 spiro atoms. The first-order chi connectivity index (χ1) is 22.2. The molecule has 240 valence electrons. The van der Waals surface area contributed by atoms with Crippen LogP contribution in [-0.2, 0) is 22.4 Å². The molecule has 0 saturated heterocycles. The van der Waals surface area contributed by atoms with Gasteiger partial charge in [0, 0.05) is 57.7 Å². The van der Waals surface area contributed by atoms with Crippen molar-refractivity contribution in [2.24, 2.45) is 4.99 Å². The zero-order valence-electron chi connectivity index (χ0n) is 24.4. The fourth-order valence-electron chi connectivity index (χ4n) is 5.10. The molecule has 1 amide bonds. The highest BCUT2D eigenvalue weighted by atomic mass is 79.9. The van der Waals surface area contributed by atoms with E-state index in [1.54, 1.807) is 42.5 Å². The number of nitrogens with one attached hydrogen (secondary N) is 2. The lowest BCUT2D eigenvalue weighted by Crippen LogP contribution is -2.54. The molecule has 46 heavy (non-hydrogen) atoms. The van der Waals surface area contributed by atoms with Gasteiger partial charge in [0.1, 0.15) is 17.4 Å². The monoisotopic (exact) mass is 731 g/mol. The Morgan fingerprint density at radius 1 is 0.978 bits per heavy atom. The number of benzene rings is 4. The number of amides is 1. The van der Waals surface area contributed by atoms with Crippen molar-refractivity contribution in [1.29, 1.82) is 0 Å². The first kappa shape index (κ1) is 33.8. The number of aliphatic imine (C=N–C) groups is 1. The number of aliphatic hydroxyl groups is 1. The smallest absolute Gasteiger partial charge is 0.266 e. The van der Waals surface area contributed by atoms with Gasteiger partial charge in [0.05, 0.1) is 6.61 Å². The van der Waals surface area contributed by atoms with Gasteiger partial charge in [-0.25, -0.2) is 19.2 Å². The molecule has 0 aliphatic carbocycles. The third kappa shape index (κ3) is 8.24. The van der Waals surface area contributed by atoms with Crippen molar-refractivity contribution in [3.8, 4) is 5.75 Å². The normalized spacial score (nSPS) is 17.3. The summed E-state index contributed by atoms with van der Waals surface area (Å²) in [4.78, 5) is 19.3. The standard InChI is InChI=1S/C34H30BrCl2F2N3O4/c35-24-6-2-21(3-7-24)20-34(33(44)42-40-13-12-22-16-26(38)19-27(39)17-22)31(29-11-8-25(36)18-30(29)37)46-32(41-34)23-4-9-28(10-5-23)45-15-1-14-43/h2-11,16-19,31,40,43H,1,12-15,20H2,(H,42,44)/t31-,34-/m0/s1. The SMILES string of the molecule is O=C(NNCCc1cc(F)cc(F)c1)[C@@]1(Cc2ccc(Br)cc2)N=C(c2ccc(OCCCO)cc2)O[C@H]1c1ccc(Cl)cc1Cl. The average Bonchev–Trinajstić information content (AvgIpc) is 3.40. The van der Waals surface area contributed by atoms with Crippen molar-refractivity contribution in [3.63, 3.8) is 0 Å². The van der Waals surface area contributed by atoms with Gasteiger partial charge in [-0.2, -0.15) is 0 Å². The van der Waals surface area contributed by atoms with Crippen LogP contribution in [0.2, 0.25) is 10.0 Å². The molecule has 0 bridgehead atoms. The van der Waals surface area contributed by atoms with Gasteiger partial charge in [-0.1, -0.05) is 57.3 Å². The van der Waals surface area contributed by atoms with Crippen molar-refractivity contribution < 1.29 is 28.2 Å². The van der Waals surface area contributed by atoms with E-state index in [1.807, 2.05) is 24.3 Å². The molecule has 3 N–H and O–H groups in total. The molecule has 12 heteroatoms.